The second-order valence-electron chi connectivity index (χ2n) is 6.35. The minimum absolute atomic E-state index is 0.145. The van der Waals surface area contributed by atoms with E-state index < -0.39 is 0 Å². The van der Waals surface area contributed by atoms with Crippen molar-refractivity contribution < 1.29 is 5.11 Å². The summed E-state index contributed by atoms with van der Waals surface area (Å²) in [4.78, 5) is 0. The molecule has 0 saturated heterocycles. The fraction of sp³-hybridized carbons (Fsp3) is 0.400. The third-order valence-electron chi connectivity index (χ3n) is 4.71. The van der Waals surface area contributed by atoms with E-state index in [2.05, 4.69) is 36.4 Å². The van der Waals surface area contributed by atoms with Gasteiger partial charge in [-0.25, -0.2) is 0 Å². The summed E-state index contributed by atoms with van der Waals surface area (Å²) in [6.45, 7) is 0. The molecule has 2 heteroatoms. The Labute approximate surface area is 140 Å². The number of phenolic OH excluding ortho intramolecular Hbond substituents is 1. The van der Waals surface area contributed by atoms with E-state index in [-0.39, 0.29) is 15.8 Å². The fourth-order valence-corrected chi connectivity index (χ4v) is 7.09. The van der Waals surface area contributed by atoms with E-state index in [4.69, 9.17) is 0 Å². The van der Waals surface area contributed by atoms with Crippen LogP contribution in [0.4, 0.5) is 0 Å². The average Bonchev–Trinajstić information content (AvgIpc) is 2.56. The van der Waals surface area contributed by atoms with Crippen molar-refractivity contribution in [1.82, 2.24) is 0 Å². The zero-order chi connectivity index (χ0) is 15.2. The number of benzene rings is 2. The predicted molar refractivity (Wildman–Crippen MR) is 95.2 cm³/mol. The molecule has 0 aliphatic heterocycles. The Morgan fingerprint density at radius 3 is 2.68 bits per heavy atom. The van der Waals surface area contributed by atoms with Gasteiger partial charge in [-0.05, 0) is 0 Å². The van der Waals surface area contributed by atoms with Crippen molar-refractivity contribution in [2.45, 2.75) is 47.9 Å². The van der Waals surface area contributed by atoms with Crippen LogP contribution < -0.4 is 0 Å². The van der Waals surface area contributed by atoms with E-state index in [0.717, 1.165) is 4.71 Å². The van der Waals surface area contributed by atoms with Gasteiger partial charge in [0.15, 0.2) is 0 Å². The van der Waals surface area contributed by atoms with E-state index in [0.29, 0.717) is 11.7 Å². The molecule has 3 atom stereocenters. The van der Waals surface area contributed by atoms with Crippen molar-refractivity contribution in [2.24, 2.45) is 0 Å². The first-order valence-corrected chi connectivity index (χ1v) is 11.1. The van der Waals surface area contributed by atoms with Crippen LogP contribution in [0.3, 0.4) is 0 Å². The van der Waals surface area contributed by atoms with Gasteiger partial charge < -0.3 is 0 Å². The predicted octanol–water partition coefficient (Wildman–Crippen LogP) is 4.94. The zero-order valence-electron chi connectivity index (χ0n) is 13.0. The number of aryl methyl sites for hydroxylation is 1. The SMILES string of the molecule is Oc1cccc(C2CCCC([AsH]CCc3ccccc3)C2)c1. The van der Waals surface area contributed by atoms with Crippen LogP contribution in [-0.2, 0) is 6.42 Å². The van der Waals surface area contributed by atoms with Gasteiger partial charge in [-0.3, -0.25) is 0 Å². The monoisotopic (exact) mass is 356 g/mol. The molecule has 0 amide bonds. The van der Waals surface area contributed by atoms with Gasteiger partial charge in [0.05, 0.1) is 0 Å². The van der Waals surface area contributed by atoms with Gasteiger partial charge in [-0.15, -0.1) is 0 Å². The second kappa shape index (κ2) is 7.88. The number of hydrogen-bond acceptors (Lipinski definition) is 1. The molecule has 22 heavy (non-hydrogen) atoms. The van der Waals surface area contributed by atoms with E-state index >= 15 is 0 Å². The van der Waals surface area contributed by atoms with Crippen molar-refractivity contribution >= 4 is 15.8 Å². The summed E-state index contributed by atoms with van der Waals surface area (Å²) < 4.78 is 0.977. The summed E-state index contributed by atoms with van der Waals surface area (Å²) in [6.07, 6.45) is 6.70. The van der Waals surface area contributed by atoms with Crippen LogP contribution in [0, 0.1) is 0 Å². The third kappa shape index (κ3) is 4.40. The Morgan fingerprint density at radius 1 is 1.00 bits per heavy atom. The summed E-state index contributed by atoms with van der Waals surface area (Å²) in [7, 11) is 0. The molecule has 1 aliphatic carbocycles. The Bertz CT molecular complexity index is 581. The van der Waals surface area contributed by atoms with Crippen LogP contribution in [0.2, 0.25) is 9.91 Å². The van der Waals surface area contributed by atoms with Crippen molar-refractivity contribution in [3.8, 4) is 5.75 Å². The first kappa shape index (κ1) is 15.7. The van der Waals surface area contributed by atoms with Crippen LogP contribution in [0.25, 0.3) is 0 Å². The molecule has 1 fully saturated rings. The average molecular weight is 356 g/mol. The molecule has 0 aromatic heterocycles. The summed E-state index contributed by atoms with van der Waals surface area (Å²) in [5.74, 6) is 1.09. The number of hydrogen-bond donors (Lipinski definition) is 1. The molecule has 1 N–H and O–H groups in total. The zero-order valence-corrected chi connectivity index (χ0v) is 15.1. The number of aromatic hydroxyl groups is 1. The van der Waals surface area contributed by atoms with Crippen molar-refractivity contribution in [2.75, 3.05) is 0 Å². The molecular formula is C20H25AsO. The quantitative estimate of drug-likeness (QED) is 0.753. The first-order chi connectivity index (χ1) is 10.8. The Balaban J connectivity index is 1.50. The van der Waals surface area contributed by atoms with E-state index in [1.807, 2.05) is 12.1 Å². The number of rotatable bonds is 5. The van der Waals surface area contributed by atoms with Crippen molar-refractivity contribution in [3.05, 3.63) is 65.7 Å². The Morgan fingerprint density at radius 2 is 1.86 bits per heavy atom. The van der Waals surface area contributed by atoms with Gasteiger partial charge in [-0.1, -0.05) is 0 Å². The summed E-state index contributed by atoms with van der Waals surface area (Å²) in [6, 6.07) is 18.8. The molecule has 0 bridgehead atoms. The third-order valence-corrected chi connectivity index (χ3v) is 8.15. The molecule has 3 unspecified atom stereocenters. The van der Waals surface area contributed by atoms with Crippen LogP contribution in [0.5, 0.6) is 5.75 Å². The Kier molecular flexibility index (Phi) is 5.62. The second-order valence-corrected chi connectivity index (χ2v) is 9.96. The van der Waals surface area contributed by atoms with E-state index in [1.165, 1.54) is 48.4 Å². The van der Waals surface area contributed by atoms with Crippen molar-refractivity contribution in [3.63, 3.8) is 0 Å². The topological polar surface area (TPSA) is 20.2 Å². The molecule has 2 aromatic carbocycles. The molecule has 1 saturated carbocycles. The van der Waals surface area contributed by atoms with E-state index in [1.54, 1.807) is 6.07 Å². The normalized spacial score (nSPS) is 22.2. The standard InChI is InChI=1S/C20H25AsO/c22-20-11-5-9-18(15-20)17-8-4-10-19(14-17)21-13-12-16-6-2-1-3-7-16/h1-3,5-7,9,11,15,17,19,21-22H,4,8,10,12-14H2. The molecule has 0 heterocycles. The Hall–Kier alpha value is -1.20. The van der Waals surface area contributed by atoms with Gasteiger partial charge in [0.1, 0.15) is 0 Å². The molecular weight excluding hydrogens is 331 g/mol. The molecule has 0 spiro atoms. The van der Waals surface area contributed by atoms with Crippen LogP contribution in [-0.4, -0.2) is 20.9 Å². The van der Waals surface area contributed by atoms with Gasteiger partial charge in [0.2, 0.25) is 0 Å². The van der Waals surface area contributed by atoms with E-state index in [9.17, 15) is 5.11 Å². The van der Waals surface area contributed by atoms with Crippen LogP contribution in [0.15, 0.2) is 54.6 Å². The molecule has 1 nitrogen and oxygen atoms in total. The van der Waals surface area contributed by atoms with Gasteiger partial charge in [0.25, 0.3) is 0 Å². The molecule has 0 radical (unpaired) electrons. The summed E-state index contributed by atoms with van der Waals surface area (Å²) in [5.41, 5.74) is 2.84. The minimum atomic E-state index is 0.145. The summed E-state index contributed by atoms with van der Waals surface area (Å²) >= 11 is 0.145. The fourth-order valence-electron chi connectivity index (χ4n) is 3.52. The molecule has 116 valence electrons. The molecule has 1 aliphatic rings. The maximum absolute atomic E-state index is 9.68. The molecule has 2 aromatic rings. The molecule has 3 rings (SSSR count). The number of phenols is 1. The first-order valence-electron chi connectivity index (χ1n) is 8.37. The summed E-state index contributed by atoms with van der Waals surface area (Å²) in [5, 5.41) is 11.1. The van der Waals surface area contributed by atoms with Gasteiger partial charge in [0, 0.05) is 0 Å². The van der Waals surface area contributed by atoms with Gasteiger partial charge in [-0.2, -0.15) is 0 Å². The van der Waals surface area contributed by atoms with Crippen molar-refractivity contribution in [1.29, 1.82) is 0 Å². The van der Waals surface area contributed by atoms with Crippen LogP contribution >= 0.6 is 0 Å². The maximum atomic E-state index is 9.68. The van der Waals surface area contributed by atoms with Gasteiger partial charge >= 0.3 is 140 Å². The van der Waals surface area contributed by atoms with Crippen LogP contribution in [0.1, 0.15) is 42.7 Å².